The van der Waals surface area contributed by atoms with E-state index in [4.69, 9.17) is 4.74 Å². The Bertz CT molecular complexity index is 1110. The van der Waals surface area contributed by atoms with Crippen LogP contribution in [0.25, 0.3) is 22.6 Å². The molecule has 4 nitrogen and oxygen atoms in total. The van der Waals surface area contributed by atoms with Crippen molar-refractivity contribution in [2.45, 2.75) is 13.5 Å². The summed E-state index contributed by atoms with van der Waals surface area (Å²) in [6, 6.07) is 14.0. The number of methoxy groups -OCH3 is 1. The van der Waals surface area contributed by atoms with Crippen molar-refractivity contribution in [3.8, 4) is 5.75 Å². The Morgan fingerprint density at radius 1 is 1.04 bits per heavy atom. The van der Waals surface area contributed by atoms with Crippen molar-refractivity contribution in [1.29, 1.82) is 0 Å². The number of allylic oxidation sites excluding steroid dienone is 1. The molecule has 2 heterocycles. The lowest BCUT2D eigenvalue weighted by Gasteiger charge is -2.27. The first-order chi connectivity index (χ1) is 12.5. The summed E-state index contributed by atoms with van der Waals surface area (Å²) in [5.74, 6) is 0.874. The Morgan fingerprint density at radius 2 is 1.85 bits per heavy atom. The summed E-state index contributed by atoms with van der Waals surface area (Å²) in [4.78, 5) is 14.3. The molecular formula is C22H22N2O2. The van der Waals surface area contributed by atoms with Gasteiger partial charge in [0.25, 0.3) is 5.56 Å². The Hall–Kier alpha value is -3.01. The maximum atomic E-state index is 12.0. The molecule has 0 amide bonds. The topological polar surface area (TPSA) is 34.5 Å². The van der Waals surface area contributed by atoms with E-state index in [2.05, 4.69) is 43.1 Å². The zero-order chi connectivity index (χ0) is 18.4. The molecule has 2 aromatic carbocycles. The predicted octanol–water partition coefficient (Wildman–Crippen LogP) is 4.06. The van der Waals surface area contributed by atoms with Crippen LogP contribution in [-0.2, 0) is 13.6 Å². The molecule has 1 aliphatic rings. The van der Waals surface area contributed by atoms with Gasteiger partial charge in [-0.25, -0.2) is 0 Å². The Kier molecular flexibility index (Phi) is 3.83. The third-order valence-electron chi connectivity index (χ3n) is 5.24. The lowest BCUT2D eigenvalue weighted by atomic mass is 9.93. The maximum Gasteiger partial charge on any atom is 0.250 e. The summed E-state index contributed by atoms with van der Waals surface area (Å²) in [5, 5.41) is 1.09. The van der Waals surface area contributed by atoms with Gasteiger partial charge in [0.1, 0.15) is 5.75 Å². The van der Waals surface area contributed by atoms with Crippen LogP contribution in [0.5, 0.6) is 5.75 Å². The first-order valence-electron chi connectivity index (χ1n) is 8.69. The molecule has 4 heteroatoms. The second-order valence-electron chi connectivity index (χ2n) is 6.87. The average molecular weight is 346 g/mol. The van der Waals surface area contributed by atoms with E-state index in [1.165, 1.54) is 16.7 Å². The molecule has 1 aromatic heterocycles. The summed E-state index contributed by atoms with van der Waals surface area (Å²) in [6.45, 7) is 2.93. The molecule has 0 aliphatic carbocycles. The molecule has 0 unspecified atom stereocenters. The van der Waals surface area contributed by atoms with Gasteiger partial charge in [-0.15, -0.1) is 0 Å². The Balaban J connectivity index is 2.02. The highest BCUT2D eigenvalue weighted by Gasteiger charge is 2.18. The fourth-order valence-corrected chi connectivity index (χ4v) is 3.80. The molecule has 0 saturated carbocycles. The SMILES string of the molecule is COc1ccc2c(c1)CN(C)c1ccc3c(ccc(=O)n3C)c1/C=C\2C. The van der Waals surface area contributed by atoms with Gasteiger partial charge < -0.3 is 14.2 Å². The van der Waals surface area contributed by atoms with Crippen LogP contribution < -0.4 is 15.2 Å². The highest BCUT2D eigenvalue weighted by atomic mass is 16.5. The second kappa shape index (κ2) is 6.06. The number of hydrogen-bond acceptors (Lipinski definition) is 3. The van der Waals surface area contributed by atoms with Crippen molar-refractivity contribution >= 4 is 28.2 Å². The summed E-state index contributed by atoms with van der Waals surface area (Å²) in [6.07, 6.45) is 2.23. The fraction of sp³-hybridized carbons (Fsp3) is 0.227. The lowest BCUT2D eigenvalue weighted by molar-refractivity contribution is 0.414. The number of hydrogen-bond donors (Lipinski definition) is 0. The second-order valence-corrected chi connectivity index (χ2v) is 6.87. The van der Waals surface area contributed by atoms with Gasteiger partial charge in [0.15, 0.2) is 0 Å². The quantitative estimate of drug-likeness (QED) is 0.666. The van der Waals surface area contributed by atoms with E-state index in [0.717, 1.165) is 34.4 Å². The fourth-order valence-electron chi connectivity index (χ4n) is 3.80. The molecule has 132 valence electrons. The van der Waals surface area contributed by atoms with Crippen LogP contribution in [-0.4, -0.2) is 18.7 Å². The number of aryl methyl sites for hydroxylation is 1. The van der Waals surface area contributed by atoms with Crippen molar-refractivity contribution in [3.63, 3.8) is 0 Å². The molecule has 0 radical (unpaired) electrons. The van der Waals surface area contributed by atoms with Crippen LogP contribution in [0.3, 0.4) is 0 Å². The van der Waals surface area contributed by atoms with Crippen molar-refractivity contribution < 1.29 is 4.74 Å². The molecule has 0 spiro atoms. The number of rotatable bonds is 1. The van der Waals surface area contributed by atoms with Crippen molar-refractivity contribution in [2.75, 3.05) is 19.1 Å². The summed E-state index contributed by atoms with van der Waals surface area (Å²) in [7, 11) is 5.62. The monoisotopic (exact) mass is 346 g/mol. The number of ether oxygens (including phenoxy) is 1. The zero-order valence-corrected chi connectivity index (χ0v) is 15.5. The molecule has 0 bridgehead atoms. The van der Waals surface area contributed by atoms with Crippen LogP contribution in [0.4, 0.5) is 5.69 Å². The maximum absolute atomic E-state index is 12.0. The van der Waals surface area contributed by atoms with Gasteiger partial charge in [-0.3, -0.25) is 4.79 Å². The van der Waals surface area contributed by atoms with E-state index in [-0.39, 0.29) is 5.56 Å². The molecule has 0 atom stereocenters. The molecule has 3 aromatic rings. The smallest absolute Gasteiger partial charge is 0.250 e. The minimum absolute atomic E-state index is 0.00907. The number of anilines is 1. The minimum atomic E-state index is 0.00907. The number of aromatic nitrogens is 1. The first kappa shape index (κ1) is 16.5. The lowest BCUT2D eigenvalue weighted by Crippen LogP contribution is -2.21. The van der Waals surface area contributed by atoms with E-state index >= 15 is 0 Å². The molecule has 26 heavy (non-hydrogen) atoms. The number of benzene rings is 2. The molecule has 1 aliphatic heterocycles. The van der Waals surface area contributed by atoms with Crippen LogP contribution in [0.2, 0.25) is 0 Å². The molecule has 0 N–H and O–H groups in total. The van der Waals surface area contributed by atoms with E-state index in [9.17, 15) is 4.79 Å². The summed E-state index contributed by atoms with van der Waals surface area (Å²) in [5.41, 5.74) is 6.94. The van der Waals surface area contributed by atoms with E-state index in [1.807, 2.05) is 25.2 Å². The number of nitrogens with zero attached hydrogens (tertiary/aromatic N) is 2. The van der Waals surface area contributed by atoms with Crippen LogP contribution >= 0.6 is 0 Å². The van der Waals surface area contributed by atoms with Gasteiger partial charge in [0.05, 0.1) is 12.6 Å². The van der Waals surface area contributed by atoms with Crippen LogP contribution in [0, 0.1) is 0 Å². The summed E-state index contributed by atoms with van der Waals surface area (Å²) >= 11 is 0. The summed E-state index contributed by atoms with van der Waals surface area (Å²) < 4.78 is 7.11. The average Bonchev–Trinajstić information content (AvgIpc) is 2.63. The van der Waals surface area contributed by atoms with Crippen LogP contribution in [0.15, 0.2) is 47.3 Å². The molecule has 0 fully saturated rings. The Labute approximate surface area is 152 Å². The highest BCUT2D eigenvalue weighted by Crippen LogP contribution is 2.36. The number of pyridine rings is 1. The van der Waals surface area contributed by atoms with Gasteiger partial charge in [-0.1, -0.05) is 6.07 Å². The third-order valence-corrected chi connectivity index (χ3v) is 5.24. The largest absolute Gasteiger partial charge is 0.497 e. The van der Waals surface area contributed by atoms with Gasteiger partial charge in [-0.2, -0.15) is 0 Å². The molecule has 0 saturated heterocycles. The normalized spacial score (nSPS) is 15.5. The number of fused-ring (bicyclic) bond motifs is 4. The van der Waals surface area contributed by atoms with Gasteiger partial charge in [0.2, 0.25) is 0 Å². The van der Waals surface area contributed by atoms with Gasteiger partial charge in [0, 0.05) is 43.3 Å². The third kappa shape index (κ3) is 2.49. The highest BCUT2D eigenvalue weighted by molar-refractivity contribution is 5.99. The Morgan fingerprint density at radius 3 is 2.62 bits per heavy atom. The van der Waals surface area contributed by atoms with E-state index in [0.29, 0.717) is 0 Å². The van der Waals surface area contributed by atoms with Gasteiger partial charge >= 0.3 is 0 Å². The van der Waals surface area contributed by atoms with Crippen molar-refractivity contribution in [2.24, 2.45) is 7.05 Å². The standard InChI is InChI=1S/C22H22N2O2/c1-14-11-19-18-7-10-22(25)24(3)21(18)9-8-20(19)23(2)13-15-12-16(26-4)5-6-17(14)15/h5-12H,13H2,1-4H3/b14-11-. The minimum Gasteiger partial charge on any atom is -0.497 e. The molecular weight excluding hydrogens is 324 g/mol. The van der Waals surface area contributed by atoms with Crippen molar-refractivity contribution in [1.82, 2.24) is 4.57 Å². The van der Waals surface area contributed by atoms with E-state index in [1.54, 1.807) is 17.7 Å². The van der Waals surface area contributed by atoms with E-state index < -0.39 is 0 Å². The van der Waals surface area contributed by atoms with Crippen molar-refractivity contribution in [3.05, 3.63) is 69.5 Å². The first-order valence-corrected chi connectivity index (χ1v) is 8.69. The van der Waals surface area contributed by atoms with Crippen LogP contribution in [0.1, 0.15) is 23.6 Å². The predicted molar refractivity (Wildman–Crippen MR) is 108 cm³/mol. The van der Waals surface area contributed by atoms with Gasteiger partial charge in [-0.05, 0) is 60.0 Å². The molecule has 4 rings (SSSR count). The zero-order valence-electron chi connectivity index (χ0n) is 15.5.